The molecule has 0 spiro atoms. The zero-order valence-electron chi connectivity index (χ0n) is 13.6. The molecule has 0 amide bonds. The van der Waals surface area contributed by atoms with Crippen LogP contribution in [0.5, 0.6) is 5.75 Å². The maximum absolute atomic E-state index is 6.17. The molecule has 1 aromatic heterocycles. The highest BCUT2D eigenvalue weighted by Crippen LogP contribution is 2.31. The molecule has 0 aliphatic rings. The summed E-state index contributed by atoms with van der Waals surface area (Å²) in [6.07, 6.45) is 3.70. The summed E-state index contributed by atoms with van der Waals surface area (Å²) in [6.45, 7) is 12.5. The van der Waals surface area contributed by atoms with Gasteiger partial charge in [0.15, 0.2) is 0 Å². The number of imidazole rings is 1. The van der Waals surface area contributed by atoms with Gasteiger partial charge in [-0.1, -0.05) is 6.07 Å². The highest BCUT2D eigenvalue weighted by Gasteiger charge is 2.18. The molecule has 0 aliphatic heterocycles. The van der Waals surface area contributed by atoms with Crippen molar-refractivity contribution in [2.75, 3.05) is 0 Å². The predicted molar refractivity (Wildman–Crippen MR) is 90.3 cm³/mol. The Kier molecular flexibility index (Phi) is 4.32. The van der Waals surface area contributed by atoms with Gasteiger partial charge in [0, 0.05) is 12.4 Å². The zero-order valence-corrected chi connectivity index (χ0v) is 14.6. The van der Waals surface area contributed by atoms with Crippen molar-refractivity contribution in [3.8, 4) is 5.75 Å². The minimum Gasteiger partial charge on any atom is -0.543 e. The van der Waals surface area contributed by atoms with Crippen LogP contribution in [0.4, 0.5) is 5.69 Å². The van der Waals surface area contributed by atoms with Crippen LogP contribution in [-0.2, 0) is 0 Å². The summed E-state index contributed by atoms with van der Waals surface area (Å²) in [5.41, 5.74) is 2.05. The predicted octanol–water partition coefficient (Wildman–Crippen LogP) is 4.31. The molecule has 0 bridgehead atoms. The van der Waals surface area contributed by atoms with Crippen LogP contribution >= 0.6 is 0 Å². The summed E-state index contributed by atoms with van der Waals surface area (Å²) in [4.78, 5) is 8.96. The third-order valence-electron chi connectivity index (χ3n) is 2.99. The Hall–Kier alpha value is -1.88. The molecule has 0 aliphatic carbocycles. The first kappa shape index (κ1) is 15.5. The summed E-state index contributed by atoms with van der Waals surface area (Å²) < 4.78 is 8.14. The average Bonchev–Trinajstić information content (AvgIpc) is 2.77. The summed E-state index contributed by atoms with van der Waals surface area (Å²) in [5, 5.41) is 0. The van der Waals surface area contributed by atoms with E-state index >= 15 is 0 Å². The van der Waals surface area contributed by atoms with Gasteiger partial charge in [0.25, 0.3) is 0 Å². The molecule has 0 atom stereocenters. The van der Waals surface area contributed by atoms with E-state index in [0.29, 0.717) is 0 Å². The second-order valence-corrected chi connectivity index (χ2v) is 10.6. The van der Waals surface area contributed by atoms with Crippen LogP contribution in [0.2, 0.25) is 19.6 Å². The standard InChI is InChI=1S/C16H23N3OSi/c1-12-7-8-15(16(11-12)20-21(4,5)6)18-14(3)19-10-9-17-13(19)2/h7-11H,1-6H3. The van der Waals surface area contributed by atoms with Crippen molar-refractivity contribution in [2.45, 2.75) is 40.4 Å². The lowest BCUT2D eigenvalue weighted by Crippen LogP contribution is -2.29. The average molecular weight is 301 g/mol. The van der Waals surface area contributed by atoms with E-state index in [-0.39, 0.29) is 0 Å². The smallest absolute Gasteiger partial charge is 0.242 e. The van der Waals surface area contributed by atoms with Crippen molar-refractivity contribution in [2.24, 2.45) is 4.99 Å². The first-order chi connectivity index (χ1) is 9.76. The maximum Gasteiger partial charge on any atom is 0.242 e. The number of aliphatic imine (C=N–C) groups is 1. The summed E-state index contributed by atoms with van der Waals surface area (Å²) >= 11 is 0. The first-order valence-electron chi connectivity index (χ1n) is 7.11. The van der Waals surface area contributed by atoms with Gasteiger partial charge in [-0.3, -0.25) is 4.57 Å². The second-order valence-electron chi connectivity index (χ2n) is 6.19. The molecule has 0 fully saturated rings. The number of aromatic nitrogens is 2. The highest BCUT2D eigenvalue weighted by atomic mass is 28.4. The quantitative estimate of drug-likeness (QED) is 0.481. The summed E-state index contributed by atoms with van der Waals surface area (Å²) in [7, 11) is -1.67. The van der Waals surface area contributed by atoms with E-state index in [2.05, 4.69) is 43.7 Å². The molecule has 1 heterocycles. The van der Waals surface area contributed by atoms with Gasteiger partial charge in [0.1, 0.15) is 23.1 Å². The molecular formula is C16H23N3OSi. The fraction of sp³-hybridized carbons (Fsp3) is 0.375. The van der Waals surface area contributed by atoms with Crippen molar-refractivity contribution in [1.82, 2.24) is 9.55 Å². The van der Waals surface area contributed by atoms with Crippen molar-refractivity contribution < 1.29 is 4.43 Å². The molecule has 0 N–H and O–H groups in total. The molecule has 112 valence electrons. The minimum atomic E-state index is -1.67. The van der Waals surface area contributed by atoms with E-state index in [1.54, 1.807) is 6.20 Å². The highest BCUT2D eigenvalue weighted by molar-refractivity contribution is 6.70. The van der Waals surface area contributed by atoms with Crippen LogP contribution in [-0.4, -0.2) is 23.7 Å². The van der Waals surface area contributed by atoms with Crippen molar-refractivity contribution in [3.05, 3.63) is 42.0 Å². The van der Waals surface area contributed by atoms with Crippen LogP contribution in [0.25, 0.3) is 0 Å². The number of nitrogens with zero attached hydrogens (tertiary/aromatic N) is 3. The largest absolute Gasteiger partial charge is 0.543 e. The van der Waals surface area contributed by atoms with Gasteiger partial charge in [0.05, 0.1) is 0 Å². The van der Waals surface area contributed by atoms with Gasteiger partial charge in [0.2, 0.25) is 8.32 Å². The molecule has 4 nitrogen and oxygen atoms in total. The fourth-order valence-electron chi connectivity index (χ4n) is 2.07. The zero-order chi connectivity index (χ0) is 15.6. The topological polar surface area (TPSA) is 39.4 Å². The molecule has 1 aromatic carbocycles. The molecule has 0 unspecified atom stereocenters. The van der Waals surface area contributed by atoms with E-state index in [1.807, 2.05) is 30.7 Å². The Balaban J connectivity index is 2.42. The Morgan fingerprint density at radius 1 is 1.24 bits per heavy atom. The van der Waals surface area contributed by atoms with Crippen LogP contribution in [0, 0.1) is 13.8 Å². The van der Waals surface area contributed by atoms with Gasteiger partial charge < -0.3 is 4.43 Å². The van der Waals surface area contributed by atoms with Crippen molar-refractivity contribution >= 4 is 19.8 Å². The third-order valence-corrected chi connectivity index (χ3v) is 3.82. The molecule has 0 radical (unpaired) electrons. The number of aryl methyl sites for hydroxylation is 2. The van der Waals surface area contributed by atoms with Gasteiger partial charge >= 0.3 is 0 Å². The lowest BCUT2D eigenvalue weighted by Gasteiger charge is -2.21. The monoisotopic (exact) mass is 301 g/mol. The molecule has 0 saturated carbocycles. The summed E-state index contributed by atoms with van der Waals surface area (Å²) in [6, 6.07) is 6.13. The fourth-order valence-corrected chi connectivity index (χ4v) is 2.90. The van der Waals surface area contributed by atoms with Crippen LogP contribution in [0.15, 0.2) is 35.6 Å². The summed E-state index contributed by atoms with van der Waals surface area (Å²) in [5.74, 6) is 2.68. The number of hydrogen-bond acceptors (Lipinski definition) is 3. The van der Waals surface area contributed by atoms with Crippen molar-refractivity contribution in [3.63, 3.8) is 0 Å². The molecule has 0 saturated heterocycles. The van der Waals surface area contributed by atoms with Crippen molar-refractivity contribution in [1.29, 1.82) is 0 Å². The van der Waals surface area contributed by atoms with Gasteiger partial charge in [-0.15, -0.1) is 0 Å². The van der Waals surface area contributed by atoms with Gasteiger partial charge in [-0.05, 0) is 58.1 Å². The molecule has 21 heavy (non-hydrogen) atoms. The van der Waals surface area contributed by atoms with E-state index in [9.17, 15) is 0 Å². The van der Waals surface area contributed by atoms with Crippen LogP contribution < -0.4 is 4.43 Å². The normalized spacial score (nSPS) is 12.6. The van der Waals surface area contributed by atoms with Gasteiger partial charge in [-0.2, -0.15) is 0 Å². The first-order valence-corrected chi connectivity index (χ1v) is 10.5. The van der Waals surface area contributed by atoms with Crippen LogP contribution in [0.3, 0.4) is 0 Å². The molecular weight excluding hydrogens is 278 g/mol. The third kappa shape index (κ3) is 4.04. The second kappa shape index (κ2) is 5.85. The maximum atomic E-state index is 6.17. The van der Waals surface area contributed by atoms with E-state index < -0.39 is 8.32 Å². The van der Waals surface area contributed by atoms with E-state index in [4.69, 9.17) is 9.42 Å². The lowest BCUT2D eigenvalue weighted by atomic mass is 10.2. The molecule has 5 heteroatoms. The Bertz CT molecular complexity index is 668. The number of hydrogen-bond donors (Lipinski definition) is 0. The number of benzene rings is 1. The van der Waals surface area contributed by atoms with E-state index in [0.717, 1.165) is 23.1 Å². The van der Waals surface area contributed by atoms with E-state index in [1.165, 1.54) is 5.56 Å². The minimum absolute atomic E-state index is 0.867. The Morgan fingerprint density at radius 2 is 1.95 bits per heavy atom. The number of rotatable bonds is 3. The molecule has 2 rings (SSSR count). The lowest BCUT2D eigenvalue weighted by molar-refractivity contribution is 0.558. The molecule has 2 aromatic rings. The Morgan fingerprint density at radius 3 is 2.52 bits per heavy atom. The van der Waals surface area contributed by atoms with Crippen LogP contribution in [0.1, 0.15) is 18.3 Å². The van der Waals surface area contributed by atoms with Gasteiger partial charge in [-0.25, -0.2) is 9.98 Å². The SMILES string of the molecule is CC(=Nc1ccc(C)cc1O[Si](C)(C)C)n1ccnc1C. The Labute approximate surface area is 127 Å².